The van der Waals surface area contributed by atoms with Gasteiger partial charge in [0.1, 0.15) is 5.82 Å². The fourth-order valence-electron chi connectivity index (χ4n) is 1.54. The van der Waals surface area contributed by atoms with Gasteiger partial charge in [-0.25, -0.2) is 0 Å². The molecule has 0 aromatic carbocycles. The van der Waals surface area contributed by atoms with Crippen molar-refractivity contribution in [2.24, 2.45) is 5.73 Å². The summed E-state index contributed by atoms with van der Waals surface area (Å²) < 4.78 is 1.99. The van der Waals surface area contributed by atoms with Crippen molar-refractivity contribution in [3.8, 4) is 0 Å². The maximum absolute atomic E-state index is 11.9. The molecular weight excluding hydrogens is 262 g/mol. The van der Waals surface area contributed by atoms with E-state index in [1.54, 1.807) is 4.90 Å². The Morgan fingerprint density at radius 2 is 2.16 bits per heavy atom. The van der Waals surface area contributed by atoms with Crippen molar-refractivity contribution in [3.05, 3.63) is 5.82 Å². The first kappa shape index (κ1) is 16.0. The van der Waals surface area contributed by atoms with E-state index in [1.165, 1.54) is 11.8 Å². The van der Waals surface area contributed by atoms with Crippen molar-refractivity contribution in [1.29, 1.82) is 0 Å². The minimum atomic E-state index is 0.0975. The fourth-order valence-corrected chi connectivity index (χ4v) is 2.45. The fraction of sp³-hybridized carbons (Fsp3) is 0.750. The van der Waals surface area contributed by atoms with E-state index >= 15 is 0 Å². The Balaban J connectivity index is 2.67. The van der Waals surface area contributed by atoms with E-state index in [9.17, 15) is 4.79 Å². The molecule has 0 aliphatic carbocycles. The van der Waals surface area contributed by atoms with Crippen LogP contribution in [0.15, 0.2) is 5.16 Å². The number of carbonyl (C=O) groups is 1. The zero-order chi connectivity index (χ0) is 14.4. The number of thioether (sulfide) groups is 1. The molecule has 1 aromatic heterocycles. The second-order valence-corrected chi connectivity index (χ2v) is 5.58. The highest BCUT2D eigenvalue weighted by Crippen LogP contribution is 2.18. The van der Waals surface area contributed by atoms with E-state index in [1.807, 2.05) is 25.5 Å². The third-order valence-corrected chi connectivity index (χ3v) is 3.87. The van der Waals surface area contributed by atoms with Gasteiger partial charge in [0.15, 0.2) is 5.16 Å². The Morgan fingerprint density at radius 3 is 2.68 bits per heavy atom. The smallest absolute Gasteiger partial charge is 0.233 e. The molecular formula is C12H23N5OS. The van der Waals surface area contributed by atoms with Gasteiger partial charge in [0.2, 0.25) is 5.91 Å². The van der Waals surface area contributed by atoms with Crippen molar-refractivity contribution in [3.63, 3.8) is 0 Å². The molecule has 0 spiro atoms. The van der Waals surface area contributed by atoms with Gasteiger partial charge in [-0.05, 0) is 20.3 Å². The molecule has 0 radical (unpaired) electrons. The average Bonchev–Trinajstić information content (AvgIpc) is 2.77. The third-order valence-electron chi connectivity index (χ3n) is 2.92. The van der Waals surface area contributed by atoms with E-state index in [0.717, 1.165) is 23.9 Å². The Hall–Kier alpha value is -1.08. The Morgan fingerprint density at radius 1 is 1.47 bits per heavy atom. The van der Waals surface area contributed by atoms with Crippen LogP contribution in [0, 0.1) is 0 Å². The van der Waals surface area contributed by atoms with Crippen LogP contribution in [0.2, 0.25) is 0 Å². The molecule has 0 saturated carbocycles. The van der Waals surface area contributed by atoms with Crippen molar-refractivity contribution in [2.75, 3.05) is 12.8 Å². The van der Waals surface area contributed by atoms with Gasteiger partial charge in [-0.1, -0.05) is 18.7 Å². The molecule has 0 bridgehead atoms. The third kappa shape index (κ3) is 4.21. The first-order valence-corrected chi connectivity index (χ1v) is 7.50. The number of amides is 1. The summed E-state index contributed by atoms with van der Waals surface area (Å²) in [5.41, 5.74) is 5.63. The highest BCUT2D eigenvalue weighted by molar-refractivity contribution is 7.99. The molecule has 1 rings (SSSR count). The normalized spacial score (nSPS) is 11.1. The SMILES string of the molecule is CCCn1c(CN)nnc1SCC(=O)N(C)C(C)C. The lowest BCUT2D eigenvalue weighted by Gasteiger charge is -2.21. The minimum absolute atomic E-state index is 0.0975. The Bertz CT molecular complexity index is 418. The van der Waals surface area contributed by atoms with Crippen LogP contribution in [-0.2, 0) is 17.9 Å². The first-order valence-electron chi connectivity index (χ1n) is 6.51. The largest absolute Gasteiger partial charge is 0.343 e. The molecule has 1 heterocycles. The highest BCUT2D eigenvalue weighted by atomic mass is 32.2. The van der Waals surface area contributed by atoms with Gasteiger partial charge in [0.05, 0.1) is 12.3 Å². The molecule has 0 aliphatic heterocycles. The molecule has 0 fully saturated rings. The maximum atomic E-state index is 11.9. The molecule has 1 amide bonds. The van der Waals surface area contributed by atoms with Crippen LogP contribution in [0.25, 0.3) is 0 Å². The Kier molecular flexibility index (Phi) is 6.30. The van der Waals surface area contributed by atoms with E-state index < -0.39 is 0 Å². The van der Waals surface area contributed by atoms with Crippen LogP contribution in [0.5, 0.6) is 0 Å². The number of hydrogen-bond donors (Lipinski definition) is 1. The van der Waals surface area contributed by atoms with Gasteiger partial charge in [0, 0.05) is 19.6 Å². The van der Waals surface area contributed by atoms with Crippen molar-refractivity contribution >= 4 is 17.7 Å². The predicted octanol–water partition coefficient (Wildman–Crippen LogP) is 1.11. The summed E-state index contributed by atoms with van der Waals surface area (Å²) in [5, 5.41) is 8.93. The van der Waals surface area contributed by atoms with Crippen molar-refractivity contribution in [2.45, 2.75) is 51.5 Å². The summed E-state index contributed by atoms with van der Waals surface area (Å²) in [6, 6.07) is 0.209. The number of nitrogens with zero attached hydrogens (tertiary/aromatic N) is 4. The summed E-state index contributed by atoms with van der Waals surface area (Å²) in [7, 11) is 1.82. The molecule has 6 nitrogen and oxygen atoms in total. The van der Waals surface area contributed by atoms with Crippen molar-refractivity contribution < 1.29 is 4.79 Å². The monoisotopic (exact) mass is 285 g/mol. The lowest BCUT2D eigenvalue weighted by Crippen LogP contribution is -2.34. The quantitative estimate of drug-likeness (QED) is 0.759. The predicted molar refractivity (Wildman–Crippen MR) is 76.8 cm³/mol. The topological polar surface area (TPSA) is 77.0 Å². The van der Waals surface area contributed by atoms with E-state index in [2.05, 4.69) is 17.1 Å². The molecule has 19 heavy (non-hydrogen) atoms. The van der Waals surface area contributed by atoms with Crippen LogP contribution >= 0.6 is 11.8 Å². The van der Waals surface area contributed by atoms with Crippen LogP contribution < -0.4 is 5.73 Å². The van der Waals surface area contributed by atoms with E-state index in [-0.39, 0.29) is 11.9 Å². The van der Waals surface area contributed by atoms with Gasteiger partial charge in [-0.3, -0.25) is 4.79 Å². The van der Waals surface area contributed by atoms with Crippen LogP contribution in [-0.4, -0.2) is 44.4 Å². The highest BCUT2D eigenvalue weighted by Gasteiger charge is 2.16. The second-order valence-electron chi connectivity index (χ2n) is 4.64. The number of carbonyl (C=O) groups excluding carboxylic acids is 1. The number of rotatable bonds is 7. The average molecular weight is 285 g/mol. The summed E-state index contributed by atoms with van der Waals surface area (Å²) in [6.07, 6.45) is 0.985. The molecule has 0 atom stereocenters. The first-order chi connectivity index (χ1) is 9.01. The molecule has 108 valence electrons. The zero-order valence-electron chi connectivity index (χ0n) is 12.1. The standard InChI is InChI=1S/C12H23N5OS/c1-5-6-17-10(7-13)14-15-12(17)19-8-11(18)16(4)9(2)3/h9H,5-8,13H2,1-4H3. The van der Waals surface area contributed by atoms with Gasteiger partial charge in [0.25, 0.3) is 0 Å². The zero-order valence-corrected chi connectivity index (χ0v) is 12.9. The molecule has 0 saturated heterocycles. The van der Waals surface area contributed by atoms with Gasteiger partial charge >= 0.3 is 0 Å². The van der Waals surface area contributed by atoms with Crippen molar-refractivity contribution in [1.82, 2.24) is 19.7 Å². The Labute approximate surface area is 118 Å². The van der Waals surface area contributed by atoms with Gasteiger partial charge in [-0.15, -0.1) is 10.2 Å². The second kappa shape index (κ2) is 7.49. The number of nitrogens with two attached hydrogens (primary N) is 1. The summed E-state index contributed by atoms with van der Waals surface area (Å²) in [6.45, 7) is 7.28. The van der Waals surface area contributed by atoms with Gasteiger partial charge in [-0.2, -0.15) is 0 Å². The van der Waals surface area contributed by atoms with E-state index in [0.29, 0.717) is 12.3 Å². The van der Waals surface area contributed by atoms with Gasteiger partial charge < -0.3 is 15.2 Å². The van der Waals surface area contributed by atoms with Crippen LogP contribution in [0.4, 0.5) is 0 Å². The molecule has 7 heteroatoms. The van der Waals surface area contributed by atoms with E-state index in [4.69, 9.17) is 5.73 Å². The maximum Gasteiger partial charge on any atom is 0.233 e. The van der Waals surface area contributed by atoms with Crippen LogP contribution in [0.3, 0.4) is 0 Å². The molecule has 0 unspecified atom stereocenters. The summed E-state index contributed by atoms with van der Waals surface area (Å²) in [4.78, 5) is 13.7. The molecule has 0 aliphatic rings. The summed E-state index contributed by atoms with van der Waals surface area (Å²) in [5.74, 6) is 1.25. The molecule has 2 N–H and O–H groups in total. The lowest BCUT2D eigenvalue weighted by atomic mass is 10.3. The number of hydrogen-bond acceptors (Lipinski definition) is 5. The van der Waals surface area contributed by atoms with Crippen LogP contribution in [0.1, 0.15) is 33.0 Å². The lowest BCUT2D eigenvalue weighted by molar-refractivity contribution is -0.128. The number of aromatic nitrogens is 3. The minimum Gasteiger partial charge on any atom is -0.343 e. The molecule has 1 aromatic rings. The summed E-state index contributed by atoms with van der Waals surface area (Å²) >= 11 is 1.42.